The third kappa shape index (κ3) is 3.60. The van der Waals surface area contributed by atoms with Crippen molar-refractivity contribution in [3.05, 3.63) is 47.3 Å². The Morgan fingerprint density at radius 3 is 2.64 bits per heavy atom. The van der Waals surface area contributed by atoms with Gasteiger partial charge in [0.2, 0.25) is 5.95 Å². The summed E-state index contributed by atoms with van der Waals surface area (Å²) in [6.07, 6.45) is -2.66. The number of carbonyl (C=O) groups excluding carboxylic acids is 1. The van der Waals surface area contributed by atoms with E-state index in [9.17, 15) is 22.4 Å². The molecule has 0 saturated carbocycles. The highest BCUT2D eigenvalue weighted by Gasteiger charge is 2.39. The van der Waals surface area contributed by atoms with Crippen molar-refractivity contribution in [2.24, 2.45) is 0 Å². The first-order valence-corrected chi connectivity index (χ1v) is 6.23. The van der Waals surface area contributed by atoms with Crippen LogP contribution >= 0.6 is 0 Å². The monoisotopic (exact) mass is 317 g/mol. The molecule has 0 aliphatic rings. The van der Waals surface area contributed by atoms with Crippen LogP contribution in [0.15, 0.2) is 24.5 Å². The summed E-state index contributed by atoms with van der Waals surface area (Å²) in [5.41, 5.74) is -1.54. The van der Waals surface area contributed by atoms with E-state index in [1.807, 2.05) is 0 Å². The minimum atomic E-state index is -4.78. The molecule has 0 bridgehead atoms. The van der Waals surface area contributed by atoms with Crippen LogP contribution in [0.1, 0.15) is 28.5 Å². The summed E-state index contributed by atoms with van der Waals surface area (Å²) in [6, 6.07) is 2.44. The SMILES string of the molecule is CCOC(=O)c1cn(Cc2ccc(F)nc2)nc1C(F)(F)F. The maximum atomic E-state index is 12.9. The molecule has 0 saturated heterocycles. The first-order valence-electron chi connectivity index (χ1n) is 6.23. The standard InChI is InChI=1S/C13H11F4N3O2/c1-2-22-12(21)9-7-20(19-11(9)13(15,16)17)6-8-3-4-10(14)18-5-8/h3-5,7H,2,6H2,1H3. The fourth-order valence-corrected chi connectivity index (χ4v) is 1.76. The lowest BCUT2D eigenvalue weighted by Crippen LogP contribution is -2.14. The minimum absolute atomic E-state index is 0.0524. The highest BCUT2D eigenvalue weighted by atomic mass is 19.4. The second kappa shape index (κ2) is 6.12. The molecule has 2 rings (SSSR count). The van der Waals surface area contributed by atoms with E-state index in [1.54, 1.807) is 0 Å². The van der Waals surface area contributed by atoms with E-state index in [1.165, 1.54) is 19.2 Å². The van der Waals surface area contributed by atoms with Gasteiger partial charge in [-0.1, -0.05) is 6.07 Å². The van der Waals surface area contributed by atoms with E-state index in [2.05, 4.69) is 14.8 Å². The summed E-state index contributed by atoms with van der Waals surface area (Å²) in [5.74, 6) is -1.80. The number of halogens is 4. The Balaban J connectivity index is 2.33. The zero-order valence-electron chi connectivity index (χ0n) is 11.4. The smallest absolute Gasteiger partial charge is 0.436 e. The van der Waals surface area contributed by atoms with Crippen LogP contribution in [0.4, 0.5) is 17.6 Å². The average Bonchev–Trinajstić information content (AvgIpc) is 2.86. The Morgan fingerprint density at radius 2 is 2.09 bits per heavy atom. The molecule has 0 amide bonds. The lowest BCUT2D eigenvalue weighted by Gasteiger charge is -2.05. The summed E-state index contributed by atoms with van der Waals surface area (Å²) in [6.45, 7) is 1.35. The van der Waals surface area contributed by atoms with Gasteiger partial charge in [-0.2, -0.15) is 22.7 Å². The molecule has 0 N–H and O–H groups in total. The molecule has 0 radical (unpaired) electrons. The summed E-state index contributed by atoms with van der Waals surface area (Å²) in [4.78, 5) is 15.0. The minimum Gasteiger partial charge on any atom is -0.462 e. The topological polar surface area (TPSA) is 57.0 Å². The lowest BCUT2D eigenvalue weighted by molar-refractivity contribution is -0.142. The molecule has 22 heavy (non-hydrogen) atoms. The molecule has 0 aliphatic carbocycles. The fourth-order valence-electron chi connectivity index (χ4n) is 1.76. The molecule has 2 heterocycles. The van der Waals surface area contributed by atoms with E-state index in [0.717, 1.165) is 16.9 Å². The van der Waals surface area contributed by atoms with E-state index in [-0.39, 0.29) is 13.2 Å². The van der Waals surface area contributed by atoms with Gasteiger partial charge in [0.05, 0.1) is 13.2 Å². The average molecular weight is 317 g/mol. The quantitative estimate of drug-likeness (QED) is 0.494. The van der Waals surface area contributed by atoms with E-state index < -0.39 is 29.4 Å². The van der Waals surface area contributed by atoms with Gasteiger partial charge in [-0.25, -0.2) is 9.78 Å². The number of hydrogen-bond acceptors (Lipinski definition) is 4. The molecule has 118 valence electrons. The third-order valence-electron chi connectivity index (χ3n) is 2.66. The second-order valence-electron chi connectivity index (χ2n) is 4.30. The number of esters is 1. The summed E-state index contributed by atoms with van der Waals surface area (Å²) < 4.78 is 56.9. The summed E-state index contributed by atoms with van der Waals surface area (Å²) in [7, 11) is 0. The second-order valence-corrected chi connectivity index (χ2v) is 4.30. The summed E-state index contributed by atoms with van der Waals surface area (Å²) >= 11 is 0. The number of ether oxygens (including phenoxy) is 1. The molecule has 5 nitrogen and oxygen atoms in total. The molecule has 2 aromatic heterocycles. The molecule has 9 heteroatoms. The van der Waals surface area contributed by atoms with E-state index in [0.29, 0.717) is 5.56 Å². The molecule has 0 unspecified atom stereocenters. The molecular weight excluding hydrogens is 306 g/mol. The first-order chi connectivity index (χ1) is 10.3. The van der Waals surface area contributed by atoms with Crippen LogP contribution in [0, 0.1) is 5.95 Å². The van der Waals surface area contributed by atoms with Crippen molar-refractivity contribution in [1.29, 1.82) is 0 Å². The Hall–Kier alpha value is -2.45. The maximum Gasteiger partial charge on any atom is 0.436 e. The van der Waals surface area contributed by atoms with Crippen LogP contribution in [0.25, 0.3) is 0 Å². The van der Waals surface area contributed by atoms with Crippen LogP contribution in [-0.2, 0) is 17.5 Å². The van der Waals surface area contributed by atoms with Crippen molar-refractivity contribution < 1.29 is 27.1 Å². The number of alkyl halides is 3. The zero-order valence-corrected chi connectivity index (χ0v) is 11.4. The molecule has 0 fully saturated rings. The van der Waals surface area contributed by atoms with Gasteiger partial charge in [-0.15, -0.1) is 0 Å². The largest absolute Gasteiger partial charge is 0.462 e. The molecule has 0 aromatic carbocycles. The number of rotatable bonds is 4. The number of nitrogens with zero attached hydrogens (tertiary/aromatic N) is 3. The molecule has 2 aromatic rings. The highest BCUT2D eigenvalue weighted by molar-refractivity contribution is 5.90. The lowest BCUT2D eigenvalue weighted by atomic mass is 10.2. The zero-order chi connectivity index (χ0) is 16.3. The number of pyridine rings is 1. The number of aromatic nitrogens is 3. The molecular formula is C13H11F4N3O2. The van der Waals surface area contributed by atoms with Gasteiger partial charge in [0.25, 0.3) is 0 Å². The Bertz CT molecular complexity index is 665. The van der Waals surface area contributed by atoms with Gasteiger partial charge in [0.15, 0.2) is 5.69 Å². The van der Waals surface area contributed by atoms with Gasteiger partial charge < -0.3 is 4.74 Å². The Labute approximate surface area is 122 Å². The number of hydrogen-bond donors (Lipinski definition) is 0. The molecule has 0 atom stereocenters. The van der Waals surface area contributed by atoms with Gasteiger partial charge in [0.1, 0.15) is 5.56 Å². The molecule has 0 spiro atoms. The Morgan fingerprint density at radius 1 is 1.36 bits per heavy atom. The predicted molar refractivity (Wildman–Crippen MR) is 66.5 cm³/mol. The van der Waals surface area contributed by atoms with Gasteiger partial charge in [-0.05, 0) is 18.6 Å². The van der Waals surface area contributed by atoms with E-state index in [4.69, 9.17) is 0 Å². The Kier molecular flexibility index (Phi) is 4.43. The predicted octanol–water partition coefficient (Wildman–Crippen LogP) is 2.66. The molecule has 0 aliphatic heterocycles. The maximum absolute atomic E-state index is 12.9. The van der Waals surface area contributed by atoms with Gasteiger partial charge in [-0.3, -0.25) is 4.68 Å². The van der Waals surface area contributed by atoms with Crippen LogP contribution in [0.2, 0.25) is 0 Å². The highest BCUT2D eigenvalue weighted by Crippen LogP contribution is 2.31. The number of carbonyl (C=O) groups is 1. The van der Waals surface area contributed by atoms with Crippen molar-refractivity contribution in [2.75, 3.05) is 6.61 Å². The van der Waals surface area contributed by atoms with Crippen molar-refractivity contribution in [2.45, 2.75) is 19.6 Å². The van der Waals surface area contributed by atoms with Crippen molar-refractivity contribution in [1.82, 2.24) is 14.8 Å². The summed E-state index contributed by atoms with van der Waals surface area (Å²) in [5, 5.41) is 3.37. The van der Waals surface area contributed by atoms with Crippen molar-refractivity contribution in [3.63, 3.8) is 0 Å². The van der Waals surface area contributed by atoms with Gasteiger partial charge in [0, 0.05) is 12.4 Å². The van der Waals surface area contributed by atoms with Crippen LogP contribution < -0.4 is 0 Å². The van der Waals surface area contributed by atoms with Crippen LogP contribution in [0.5, 0.6) is 0 Å². The third-order valence-corrected chi connectivity index (χ3v) is 2.66. The van der Waals surface area contributed by atoms with Crippen molar-refractivity contribution in [3.8, 4) is 0 Å². The fraction of sp³-hybridized carbons (Fsp3) is 0.308. The normalized spacial score (nSPS) is 11.5. The first kappa shape index (κ1) is 15.9. The van der Waals surface area contributed by atoms with Crippen LogP contribution in [-0.4, -0.2) is 27.3 Å². The van der Waals surface area contributed by atoms with Crippen molar-refractivity contribution >= 4 is 5.97 Å². The van der Waals surface area contributed by atoms with Crippen LogP contribution in [0.3, 0.4) is 0 Å². The van der Waals surface area contributed by atoms with E-state index >= 15 is 0 Å². The van der Waals surface area contributed by atoms with Gasteiger partial charge >= 0.3 is 12.1 Å².